The van der Waals surface area contributed by atoms with E-state index in [-0.39, 0.29) is 12.6 Å². The molecule has 20 heavy (non-hydrogen) atoms. The quantitative estimate of drug-likeness (QED) is 0.840. The molecular formula is C16H23NO3. The zero-order chi connectivity index (χ0) is 14.4. The number of carbonyl (C=O) groups is 1. The zero-order valence-electron chi connectivity index (χ0n) is 12.0. The van der Waals surface area contributed by atoms with Gasteiger partial charge in [0, 0.05) is 25.4 Å². The standard InChI is InChI=1S/C16H23NO3/c1-2-20-16(19)14-4-3-5-15(12-14)17-9-6-13(7-10-17)8-11-18/h3-5,12-13,18H,2,6-11H2,1H3. The Labute approximate surface area is 120 Å². The van der Waals surface area contributed by atoms with Crippen molar-refractivity contribution < 1.29 is 14.6 Å². The van der Waals surface area contributed by atoms with E-state index in [0.717, 1.165) is 38.0 Å². The van der Waals surface area contributed by atoms with Crippen LogP contribution < -0.4 is 4.90 Å². The largest absolute Gasteiger partial charge is 0.462 e. The van der Waals surface area contributed by atoms with Gasteiger partial charge in [-0.25, -0.2) is 4.79 Å². The molecule has 0 radical (unpaired) electrons. The van der Waals surface area contributed by atoms with Gasteiger partial charge in [-0.15, -0.1) is 0 Å². The Bertz CT molecular complexity index is 439. The topological polar surface area (TPSA) is 49.8 Å². The van der Waals surface area contributed by atoms with Gasteiger partial charge in [0.15, 0.2) is 0 Å². The molecule has 110 valence electrons. The SMILES string of the molecule is CCOC(=O)c1cccc(N2CCC(CCO)CC2)c1. The molecule has 2 rings (SSSR count). The van der Waals surface area contributed by atoms with Crippen LogP contribution in [0.1, 0.15) is 36.5 Å². The summed E-state index contributed by atoms with van der Waals surface area (Å²) in [5, 5.41) is 8.98. The first-order chi connectivity index (χ1) is 9.74. The minimum absolute atomic E-state index is 0.260. The van der Waals surface area contributed by atoms with Crippen molar-refractivity contribution in [3.05, 3.63) is 29.8 Å². The summed E-state index contributed by atoms with van der Waals surface area (Å²) in [6.45, 7) is 4.46. The number of aliphatic hydroxyl groups excluding tert-OH is 1. The lowest BCUT2D eigenvalue weighted by atomic mass is 9.93. The molecule has 0 spiro atoms. The van der Waals surface area contributed by atoms with Crippen molar-refractivity contribution in [3.63, 3.8) is 0 Å². The summed E-state index contributed by atoms with van der Waals surface area (Å²) >= 11 is 0. The van der Waals surface area contributed by atoms with Crippen LogP contribution in [0.4, 0.5) is 5.69 Å². The van der Waals surface area contributed by atoms with Crippen LogP contribution in [0.5, 0.6) is 0 Å². The van der Waals surface area contributed by atoms with Crippen LogP contribution in [0.15, 0.2) is 24.3 Å². The first-order valence-corrected chi connectivity index (χ1v) is 7.37. The number of carbonyl (C=O) groups excluding carboxylic acids is 1. The highest BCUT2D eigenvalue weighted by Gasteiger charge is 2.19. The van der Waals surface area contributed by atoms with Crippen LogP contribution in [0.2, 0.25) is 0 Å². The average Bonchev–Trinajstić information content (AvgIpc) is 2.49. The molecule has 1 N–H and O–H groups in total. The van der Waals surface area contributed by atoms with Crippen LogP contribution in [0.25, 0.3) is 0 Å². The Morgan fingerprint density at radius 1 is 1.40 bits per heavy atom. The number of ether oxygens (including phenoxy) is 1. The Hall–Kier alpha value is -1.55. The summed E-state index contributed by atoms with van der Waals surface area (Å²) < 4.78 is 5.03. The van der Waals surface area contributed by atoms with Crippen LogP contribution >= 0.6 is 0 Å². The fourth-order valence-corrected chi connectivity index (χ4v) is 2.71. The van der Waals surface area contributed by atoms with Gasteiger partial charge in [0.25, 0.3) is 0 Å². The van der Waals surface area contributed by atoms with Crippen molar-refractivity contribution in [3.8, 4) is 0 Å². The average molecular weight is 277 g/mol. The maximum absolute atomic E-state index is 11.7. The van der Waals surface area contributed by atoms with Gasteiger partial charge in [0.05, 0.1) is 12.2 Å². The molecule has 1 aliphatic rings. The minimum Gasteiger partial charge on any atom is -0.462 e. The molecule has 0 bridgehead atoms. The van der Waals surface area contributed by atoms with Crippen LogP contribution in [-0.4, -0.2) is 37.4 Å². The van der Waals surface area contributed by atoms with E-state index in [1.165, 1.54) is 0 Å². The number of nitrogens with zero attached hydrogens (tertiary/aromatic N) is 1. The molecule has 1 saturated heterocycles. The molecule has 0 unspecified atom stereocenters. The monoisotopic (exact) mass is 277 g/mol. The molecular weight excluding hydrogens is 254 g/mol. The van der Waals surface area contributed by atoms with Gasteiger partial charge in [-0.2, -0.15) is 0 Å². The minimum atomic E-state index is -0.260. The van der Waals surface area contributed by atoms with Gasteiger partial charge in [-0.1, -0.05) is 6.07 Å². The van der Waals surface area contributed by atoms with Crippen LogP contribution in [0.3, 0.4) is 0 Å². The van der Waals surface area contributed by atoms with Crippen molar-refractivity contribution in [2.75, 3.05) is 31.2 Å². The summed E-state index contributed by atoms with van der Waals surface area (Å²) in [5.74, 6) is 0.369. The number of hydrogen-bond acceptors (Lipinski definition) is 4. The van der Waals surface area contributed by atoms with E-state index < -0.39 is 0 Å². The third kappa shape index (κ3) is 3.73. The molecule has 1 fully saturated rings. The highest BCUT2D eigenvalue weighted by Crippen LogP contribution is 2.25. The molecule has 1 aromatic carbocycles. The fourth-order valence-electron chi connectivity index (χ4n) is 2.71. The molecule has 0 atom stereocenters. The number of hydrogen-bond donors (Lipinski definition) is 1. The molecule has 0 amide bonds. The van der Waals surface area contributed by atoms with E-state index in [0.29, 0.717) is 18.1 Å². The second-order valence-corrected chi connectivity index (χ2v) is 5.21. The first kappa shape index (κ1) is 14.9. The Morgan fingerprint density at radius 2 is 2.15 bits per heavy atom. The van der Waals surface area contributed by atoms with E-state index in [4.69, 9.17) is 9.84 Å². The molecule has 1 aliphatic heterocycles. The first-order valence-electron chi connectivity index (χ1n) is 7.37. The molecule has 0 saturated carbocycles. The number of esters is 1. The molecule has 1 heterocycles. The molecule has 0 aliphatic carbocycles. The van der Waals surface area contributed by atoms with Crippen LogP contribution in [-0.2, 0) is 4.74 Å². The normalized spacial score (nSPS) is 16.2. The van der Waals surface area contributed by atoms with Gasteiger partial charge < -0.3 is 14.7 Å². The van der Waals surface area contributed by atoms with Gasteiger partial charge >= 0.3 is 5.97 Å². The lowest BCUT2D eigenvalue weighted by Gasteiger charge is -2.33. The zero-order valence-corrected chi connectivity index (χ0v) is 12.0. The summed E-state index contributed by atoms with van der Waals surface area (Å²) in [4.78, 5) is 14.1. The third-order valence-electron chi connectivity index (χ3n) is 3.87. The lowest BCUT2D eigenvalue weighted by molar-refractivity contribution is 0.0526. The van der Waals surface area contributed by atoms with Crippen molar-refractivity contribution in [2.24, 2.45) is 5.92 Å². The predicted octanol–water partition coefficient (Wildman–Crippen LogP) is 2.46. The fraction of sp³-hybridized carbons (Fsp3) is 0.562. The van der Waals surface area contributed by atoms with E-state index in [9.17, 15) is 4.79 Å². The van der Waals surface area contributed by atoms with Crippen LogP contribution in [0, 0.1) is 5.92 Å². The Balaban J connectivity index is 1.99. The number of piperidine rings is 1. The van der Waals surface area contributed by atoms with Crippen molar-refractivity contribution >= 4 is 11.7 Å². The van der Waals surface area contributed by atoms with Gasteiger partial charge in [-0.05, 0) is 50.3 Å². The molecule has 1 aromatic rings. The maximum Gasteiger partial charge on any atom is 0.338 e. The molecule has 4 heteroatoms. The van der Waals surface area contributed by atoms with Gasteiger partial charge in [-0.3, -0.25) is 0 Å². The Kier molecular flexibility index (Phi) is 5.41. The smallest absolute Gasteiger partial charge is 0.338 e. The second-order valence-electron chi connectivity index (χ2n) is 5.21. The van der Waals surface area contributed by atoms with E-state index >= 15 is 0 Å². The highest BCUT2D eigenvalue weighted by atomic mass is 16.5. The third-order valence-corrected chi connectivity index (χ3v) is 3.87. The van der Waals surface area contributed by atoms with E-state index in [1.54, 1.807) is 6.07 Å². The summed E-state index contributed by atoms with van der Waals surface area (Å²) in [5.41, 5.74) is 1.69. The van der Waals surface area contributed by atoms with Crippen molar-refractivity contribution in [1.82, 2.24) is 0 Å². The molecule has 4 nitrogen and oxygen atoms in total. The Morgan fingerprint density at radius 3 is 2.80 bits per heavy atom. The maximum atomic E-state index is 11.7. The van der Waals surface area contributed by atoms with Gasteiger partial charge in [0.1, 0.15) is 0 Å². The van der Waals surface area contributed by atoms with E-state index in [1.807, 2.05) is 25.1 Å². The number of benzene rings is 1. The van der Waals surface area contributed by atoms with Crippen molar-refractivity contribution in [1.29, 1.82) is 0 Å². The van der Waals surface area contributed by atoms with E-state index in [2.05, 4.69) is 4.90 Å². The summed E-state index contributed by atoms with van der Waals surface area (Å²) in [6.07, 6.45) is 3.10. The number of anilines is 1. The predicted molar refractivity (Wildman–Crippen MR) is 79.0 cm³/mol. The number of aliphatic hydroxyl groups is 1. The number of rotatable bonds is 5. The summed E-state index contributed by atoms with van der Waals surface area (Å²) in [7, 11) is 0. The van der Waals surface area contributed by atoms with Crippen molar-refractivity contribution in [2.45, 2.75) is 26.2 Å². The lowest BCUT2D eigenvalue weighted by Crippen LogP contribution is -2.34. The highest BCUT2D eigenvalue weighted by molar-refractivity contribution is 5.90. The molecule has 0 aromatic heterocycles. The second kappa shape index (κ2) is 7.29. The summed E-state index contributed by atoms with van der Waals surface area (Å²) in [6, 6.07) is 7.64. The van der Waals surface area contributed by atoms with Gasteiger partial charge in [0.2, 0.25) is 0 Å².